The predicted molar refractivity (Wildman–Crippen MR) is 100 cm³/mol. The molecule has 142 valence electrons. The summed E-state index contributed by atoms with van der Waals surface area (Å²) >= 11 is 0. The van der Waals surface area contributed by atoms with Gasteiger partial charge < -0.3 is 9.80 Å². The number of carbonyl (C=O) groups is 2. The minimum absolute atomic E-state index is 0.0307. The number of nitrogens with zero attached hydrogens (tertiary/aromatic N) is 4. The van der Waals surface area contributed by atoms with Crippen LogP contribution in [0.2, 0.25) is 0 Å². The highest BCUT2D eigenvalue weighted by Crippen LogP contribution is 2.30. The maximum absolute atomic E-state index is 13.1. The number of nitrogens with one attached hydrogen (secondary N) is 1. The average Bonchev–Trinajstić information content (AvgIpc) is 3.01. The molecule has 2 aromatic heterocycles. The van der Waals surface area contributed by atoms with Gasteiger partial charge in [0.05, 0.1) is 0 Å². The molecular formula is C20H25N5O2. The highest BCUT2D eigenvalue weighted by atomic mass is 16.2. The molecule has 3 fully saturated rings. The molecule has 3 aliphatic rings. The molecule has 0 saturated carbocycles. The molecule has 7 nitrogen and oxygen atoms in total. The highest BCUT2D eigenvalue weighted by molar-refractivity contribution is 5.94. The van der Waals surface area contributed by atoms with Crippen LogP contribution >= 0.6 is 0 Å². The molecule has 0 aliphatic carbocycles. The quantitative estimate of drug-likeness (QED) is 0.902. The third-order valence-corrected chi connectivity index (χ3v) is 5.58. The van der Waals surface area contributed by atoms with Crippen molar-refractivity contribution in [3.8, 4) is 0 Å². The first-order valence-electron chi connectivity index (χ1n) is 9.59. The van der Waals surface area contributed by atoms with Gasteiger partial charge in [-0.15, -0.1) is 0 Å². The van der Waals surface area contributed by atoms with Crippen molar-refractivity contribution in [1.29, 1.82) is 0 Å². The van der Waals surface area contributed by atoms with Crippen LogP contribution < -0.4 is 0 Å². The van der Waals surface area contributed by atoms with Crippen molar-refractivity contribution < 1.29 is 9.59 Å². The Bertz CT molecular complexity index is 832. The minimum atomic E-state index is -0.0522. The van der Waals surface area contributed by atoms with Gasteiger partial charge in [-0.3, -0.25) is 19.7 Å². The zero-order valence-electron chi connectivity index (χ0n) is 15.8. The number of aromatic nitrogens is 3. The van der Waals surface area contributed by atoms with E-state index in [4.69, 9.17) is 0 Å². The van der Waals surface area contributed by atoms with Gasteiger partial charge in [0.25, 0.3) is 11.8 Å². The second kappa shape index (κ2) is 7.13. The van der Waals surface area contributed by atoms with Gasteiger partial charge in [0.15, 0.2) is 0 Å². The summed E-state index contributed by atoms with van der Waals surface area (Å²) < 4.78 is 0. The Hall–Kier alpha value is -2.70. The summed E-state index contributed by atoms with van der Waals surface area (Å²) in [5.74, 6) is 0.499. The maximum Gasteiger partial charge on any atom is 0.274 e. The number of H-pyrrole nitrogens is 1. The van der Waals surface area contributed by atoms with Gasteiger partial charge in [-0.25, -0.2) is 0 Å². The first kappa shape index (κ1) is 17.7. The van der Waals surface area contributed by atoms with Crippen LogP contribution in [0.5, 0.6) is 0 Å². The fourth-order valence-electron chi connectivity index (χ4n) is 4.04. The van der Waals surface area contributed by atoms with E-state index < -0.39 is 0 Å². The number of hydrogen-bond acceptors (Lipinski definition) is 4. The molecular weight excluding hydrogens is 342 g/mol. The number of aromatic amines is 1. The number of amides is 2. The lowest BCUT2D eigenvalue weighted by Gasteiger charge is -2.35. The van der Waals surface area contributed by atoms with Crippen LogP contribution in [-0.4, -0.2) is 62.5 Å². The van der Waals surface area contributed by atoms with Crippen molar-refractivity contribution in [2.75, 3.05) is 19.6 Å². The standard InChI is InChI=1S/C20H25N5O2/c1-13(2)17-9-18(23-22-17)20(27)25-11-14-6-7-15(25)12-24(10-14)19(26)16-5-3-4-8-21-16/h3-5,8-9,13-15H,6-7,10-12H2,1-2H3,(H,22,23)/t14-,15+/m0/s1. The number of rotatable bonds is 3. The third kappa shape index (κ3) is 3.46. The van der Waals surface area contributed by atoms with Crippen LogP contribution in [0, 0.1) is 5.92 Å². The largest absolute Gasteiger partial charge is 0.335 e. The van der Waals surface area contributed by atoms with Gasteiger partial charge in [-0.1, -0.05) is 19.9 Å². The zero-order chi connectivity index (χ0) is 19.0. The molecule has 2 aromatic rings. The Morgan fingerprint density at radius 3 is 2.67 bits per heavy atom. The Morgan fingerprint density at radius 2 is 1.96 bits per heavy atom. The third-order valence-electron chi connectivity index (χ3n) is 5.58. The van der Waals surface area contributed by atoms with Crippen molar-refractivity contribution in [1.82, 2.24) is 25.0 Å². The van der Waals surface area contributed by atoms with E-state index in [2.05, 4.69) is 29.0 Å². The summed E-state index contributed by atoms with van der Waals surface area (Å²) in [7, 11) is 0. The molecule has 7 heteroatoms. The number of hydrogen-bond donors (Lipinski definition) is 1. The van der Waals surface area contributed by atoms with E-state index in [0.29, 0.717) is 42.9 Å². The van der Waals surface area contributed by atoms with E-state index in [1.807, 2.05) is 21.9 Å². The van der Waals surface area contributed by atoms with Crippen LogP contribution in [0.1, 0.15) is 59.3 Å². The SMILES string of the molecule is CC(C)c1cc(C(=O)N2C[C@H]3CC[C@@H]2CN(C(=O)c2ccccn2)C3)n[nH]1. The van der Waals surface area contributed by atoms with Gasteiger partial charge in [-0.05, 0) is 42.9 Å². The molecule has 0 spiro atoms. The summed E-state index contributed by atoms with van der Waals surface area (Å²) in [6.07, 6.45) is 3.60. The van der Waals surface area contributed by atoms with E-state index >= 15 is 0 Å². The van der Waals surface area contributed by atoms with Crippen molar-refractivity contribution in [3.05, 3.63) is 47.5 Å². The number of fused-ring (bicyclic) bond motifs is 4. The molecule has 5 heterocycles. The Morgan fingerprint density at radius 1 is 1.11 bits per heavy atom. The lowest BCUT2D eigenvalue weighted by molar-refractivity contribution is 0.0568. The van der Waals surface area contributed by atoms with E-state index in [-0.39, 0.29) is 17.9 Å². The lowest BCUT2D eigenvalue weighted by Crippen LogP contribution is -2.47. The monoisotopic (exact) mass is 367 g/mol. The zero-order valence-corrected chi connectivity index (χ0v) is 15.8. The van der Waals surface area contributed by atoms with Crippen molar-refractivity contribution in [2.24, 2.45) is 5.92 Å². The summed E-state index contributed by atoms with van der Waals surface area (Å²) in [5, 5.41) is 7.18. The highest BCUT2D eigenvalue weighted by Gasteiger charge is 2.39. The topological polar surface area (TPSA) is 82.2 Å². The predicted octanol–water partition coefficient (Wildman–Crippen LogP) is 2.30. The molecule has 1 N–H and O–H groups in total. The van der Waals surface area contributed by atoms with Crippen LogP contribution in [0.25, 0.3) is 0 Å². The maximum atomic E-state index is 13.1. The lowest BCUT2D eigenvalue weighted by atomic mass is 9.94. The fraction of sp³-hybridized carbons (Fsp3) is 0.500. The summed E-state index contributed by atoms with van der Waals surface area (Å²) in [5.41, 5.74) is 1.89. The van der Waals surface area contributed by atoms with Gasteiger partial charge in [-0.2, -0.15) is 5.10 Å². The summed E-state index contributed by atoms with van der Waals surface area (Å²) in [4.78, 5) is 33.9. The van der Waals surface area contributed by atoms with Crippen LogP contribution in [-0.2, 0) is 0 Å². The second-order valence-corrected chi connectivity index (χ2v) is 7.84. The molecule has 0 unspecified atom stereocenters. The van der Waals surface area contributed by atoms with Crippen molar-refractivity contribution in [2.45, 2.75) is 38.6 Å². The molecule has 3 saturated heterocycles. The van der Waals surface area contributed by atoms with Crippen LogP contribution in [0.4, 0.5) is 0 Å². The molecule has 2 amide bonds. The Balaban J connectivity index is 1.52. The summed E-state index contributed by atoms with van der Waals surface area (Å²) in [6.45, 7) is 6.04. The second-order valence-electron chi connectivity index (χ2n) is 7.84. The Labute approximate surface area is 158 Å². The van der Waals surface area contributed by atoms with Gasteiger partial charge in [0.1, 0.15) is 11.4 Å². The first-order valence-corrected chi connectivity index (χ1v) is 9.59. The fourth-order valence-corrected chi connectivity index (χ4v) is 4.04. The smallest absolute Gasteiger partial charge is 0.274 e. The minimum Gasteiger partial charge on any atom is -0.335 e. The molecule has 2 atom stereocenters. The summed E-state index contributed by atoms with van der Waals surface area (Å²) in [6, 6.07) is 7.26. The van der Waals surface area contributed by atoms with Gasteiger partial charge in [0.2, 0.25) is 0 Å². The van der Waals surface area contributed by atoms with E-state index in [9.17, 15) is 9.59 Å². The normalized spacial score (nSPS) is 22.2. The molecule has 5 rings (SSSR count). The van der Waals surface area contributed by atoms with Gasteiger partial charge >= 0.3 is 0 Å². The molecule has 0 aromatic carbocycles. The average molecular weight is 367 g/mol. The molecule has 27 heavy (non-hydrogen) atoms. The van der Waals surface area contributed by atoms with Gasteiger partial charge in [0, 0.05) is 37.6 Å². The van der Waals surface area contributed by atoms with E-state index in [0.717, 1.165) is 18.5 Å². The number of carbonyl (C=O) groups excluding carboxylic acids is 2. The number of pyridine rings is 1. The van der Waals surface area contributed by atoms with Crippen molar-refractivity contribution >= 4 is 11.8 Å². The Kier molecular flexibility index (Phi) is 4.68. The van der Waals surface area contributed by atoms with Crippen LogP contribution in [0.15, 0.2) is 30.5 Å². The van der Waals surface area contributed by atoms with Crippen LogP contribution in [0.3, 0.4) is 0 Å². The molecule has 2 bridgehead atoms. The number of piperidine rings is 1. The first-order chi connectivity index (χ1) is 13.0. The van der Waals surface area contributed by atoms with E-state index in [1.165, 1.54) is 0 Å². The molecule has 0 radical (unpaired) electrons. The van der Waals surface area contributed by atoms with Crippen molar-refractivity contribution in [3.63, 3.8) is 0 Å². The van der Waals surface area contributed by atoms with E-state index in [1.54, 1.807) is 18.3 Å². The molecule has 3 aliphatic heterocycles.